The Hall–Kier alpha value is -3.08. The number of nitrogens with one attached hydrogen (secondary N) is 2. The molecule has 0 amide bonds. The van der Waals surface area contributed by atoms with Crippen molar-refractivity contribution in [2.45, 2.75) is 203 Å². The van der Waals surface area contributed by atoms with Crippen molar-refractivity contribution < 1.29 is 19.4 Å². The molecule has 1 saturated heterocycles. The highest BCUT2D eigenvalue weighted by atomic mass is 16.6. The molecule has 63 heavy (non-hydrogen) atoms. The first kappa shape index (κ1) is 43.8. The van der Waals surface area contributed by atoms with E-state index < -0.39 is 5.60 Å². The molecule has 0 radical (unpaired) electrons. The SMILES string of the molecule is C=C1CC2(CCC(CCC3(O)CCCC(O)C3)C2)C2OC2(C)CCC2C1CC2(C1CCCCC1)C1CCC(C(NC(N)=NC)NC(N)=NC2CCCc3ccc4cocc4c3C2)C1. The first-order valence-electron chi connectivity index (χ1n) is 25.7. The van der Waals surface area contributed by atoms with E-state index in [4.69, 9.17) is 32.2 Å². The van der Waals surface area contributed by atoms with E-state index in [2.05, 4.69) is 34.7 Å². The van der Waals surface area contributed by atoms with Crippen LogP contribution in [-0.2, 0) is 17.6 Å². The number of guanidine groups is 2. The lowest BCUT2D eigenvalue weighted by atomic mass is 9.40. The molecule has 10 rings (SSSR count). The van der Waals surface area contributed by atoms with Gasteiger partial charge in [-0.25, -0.2) is 4.99 Å². The van der Waals surface area contributed by atoms with Gasteiger partial charge in [-0.3, -0.25) is 4.99 Å². The summed E-state index contributed by atoms with van der Waals surface area (Å²) in [4.78, 5) is 9.51. The molecule has 8 aliphatic rings. The van der Waals surface area contributed by atoms with Crippen LogP contribution in [0.5, 0.6) is 0 Å². The van der Waals surface area contributed by atoms with Crippen LogP contribution in [-0.4, -0.2) is 64.8 Å². The van der Waals surface area contributed by atoms with Crippen molar-refractivity contribution in [3.63, 3.8) is 0 Å². The van der Waals surface area contributed by atoms with Crippen LogP contribution < -0.4 is 22.1 Å². The topological polar surface area (TPSA) is 167 Å². The van der Waals surface area contributed by atoms with E-state index in [1.165, 1.54) is 92.7 Å². The molecule has 1 aromatic heterocycles. The maximum Gasteiger partial charge on any atom is 0.190 e. The van der Waals surface area contributed by atoms with Crippen LogP contribution in [0.25, 0.3) is 10.8 Å². The van der Waals surface area contributed by atoms with Crippen LogP contribution in [0.4, 0.5) is 0 Å². The Kier molecular flexibility index (Phi) is 12.0. The van der Waals surface area contributed by atoms with Gasteiger partial charge in [-0.2, -0.15) is 0 Å². The van der Waals surface area contributed by atoms with Gasteiger partial charge in [0, 0.05) is 29.7 Å². The molecule has 0 bridgehead atoms. The lowest BCUT2D eigenvalue weighted by molar-refractivity contribution is -0.139. The molecule has 8 N–H and O–H groups in total. The number of ether oxygens (including phenoxy) is 1. The molecule has 10 nitrogen and oxygen atoms in total. The summed E-state index contributed by atoms with van der Waals surface area (Å²) in [5, 5.41) is 31.4. The number of aliphatic imine (C=N–C) groups is 2. The molecule has 2 aromatic rings. The summed E-state index contributed by atoms with van der Waals surface area (Å²) in [5.74, 6) is 4.57. The minimum atomic E-state index is -0.694. The maximum atomic E-state index is 11.4. The van der Waals surface area contributed by atoms with Gasteiger partial charge in [0.25, 0.3) is 0 Å². The quantitative estimate of drug-likeness (QED) is 0.0363. The molecular weight excluding hydrogens is 785 g/mol. The number of rotatable bonds is 9. The monoisotopic (exact) mass is 865 g/mol. The van der Waals surface area contributed by atoms with Crippen molar-refractivity contribution in [2.75, 3.05) is 7.05 Å². The highest BCUT2D eigenvalue weighted by molar-refractivity contribution is 5.86. The van der Waals surface area contributed by atoms with Gasteiger partial charge in [-0.1, -0.05) is 43.5 Å². The van der Waals surface area contributed by atoms with Crippen molar-refractivity contribution in [1.29, 1.82) is 0 Å². The summed E-state index contributed by atoms with van der Waals surface area (Å²) < 4.78 is 12.5. The van der Waals surface area contributed by atoms with E-state index >= 15 is 0 Å². The molecule has 346 valence electrons. The number of benzene rings is 1. The molecule has 7 aliphatic carbocycles. The molecule has 2 heterocycles. The minimum Gasteiger partial charge on any atom is -0.471 e. The molecule has 7 fully saturated rings. The molecule has 13 unspecified atom stereocenters. The third-order valence-corrected chi connectivity index (χ3v) is 19.3. The number of aliphatic hydroxyl groups excluding tert-OH is 1. The van der Waals surface area contributed by atoms with Crippen LogP contribution in [0.15, 0.2) is 51.2 Å². The number of aliphatic hydroxyl groups is 2. The Morgan fingerprint density at radius 2 is 1.75 bits per heavy atom. The summed E-state index contributed by atoms with van der Waals surface area (Å²) in [6.07, 6.45) is 31.4. The number of aryl methyl sites for hydroxylation is 1. The maximum absolute atomic E-state index is 11.4. The van der Waals surface area contributed by atoms with Gasteiger partial charge < -0.3 is 41.5 Å². The Morgan fingerprint density at radius 3 is 2.57 bits per heavy atom. The zero-order chi connectivity index (χ0) is 43.6. The van der Waals surface area contributed by atoms with Crippen LogP contribution >= 0.6 is 0 Å². The summed E-state index contributed by atoms with van der Waals surface area (Å²) in [6.45, 7) is 7.47. The van der Waals surface area contributed by atoms with E-state index in [0.717, 1.165) is 94.8 Å². The standard InChI is InChI=1S/C53H80N6O4/c1-33-27-51(23-18-34(28-51)19-24-52(61)21-8-13-41(60)29-52)47-50(2,63-47)22-20-45-43(33)30-53(45,38-10-5-4-6-11-38)39-17-16-36(25-39)46(58-48(54)56-3)59-49(55)57-40-12-7-9-35-14-15-37-31-62-32-44(37)42(35)26-40/h14-15,31-32,34,36,38-41,43,45-47,60-61H,1,4-13,16-30H2,2-3H3,(H3,54,56,58)(H3,55,57,59). The van der Waals surface area contributed by atoms with Gasteiger partial charge in [0.05, 0.1) is 42.0 Å². The molecule has 13 atom stereocenters. The van der Waals surface area contributed by atoms with Crippen molar-refractivity contribution >= 4 is 22.7 Å². The fraction of sp³-hybridized carbons (Fsp3) is 0.774. The van der Waals surface area contributed by atoms with Gasteiger partial charge in [0.1, 0.15) is 6.17 Å². The third kappa shape index (κ3) is 8.38. The third-order valence-electron chi connectivity index (χ3n) is 19.3. The number of nitrogens with zero attached hydrogens (tertiary/aromatic N) is 2. The lowest BCUT2D eigenvalue weighted by Gasteiger charge is -2.64. The second-order valence-corrected chi connectivity index (χ2v) is 23.0. The molecular formula is C53H80N6O4. The van der Waals surface area contributed by atoms with E-state index in [-0.39, 0.29) is 29.3 Å². The Morgan fingerprint density at radius 1 is 0.905 bits per heavy atom. The van der Waals surface area contributed by atoms with E-state index in [0.29, 0.717) is 59.4 Å². The minimum absolute atomic E-state index is 0.0430. The Balaban J connectivity index is 0.853. The fourth-order valence-corrected chi connectivity index (χ4v) is 16.2. The normalized spacial score (nSPS) is 41.7. The number of furan rings is 1. The number of epoxide rings is 1. The van der Waals surface area contributed by atoms with Crippen LogP contribution in [0.2, 0.25) is 0 Å². The number of fused-ring (bicyclic) bond motifs is 6. The second-order valence-electron chi connectivity index (χ2n) is 23.0. The summed E-state index contributed by atoms with van der Waals surface area (Å²) in [5.41, 5.74) is 17.4. The van der Waals surface area contributed by atoms with Crippen molar-refractivity contribution in [1.82, 2.24) is 10.6 Å². The van der Waals surface area contributed by atoms with Gasteiger partial charge in [-0.15, -0.1) is 0 Å². The summed E-state index contributed by atoms with van der Waals surface area (Å²) in [7, 11) is 1.75. The van der Waals surface area contributed by atoms with E-state index in [1.807, 2.05) is 12.5 Å². The first-order valence-corrected chi connectivity index (χ1v) is 25.7. The van der Waals surface area contributed by atoms with Crippen molar-refractivity contribution in [3.05, 3.63) is 47.9 Å². The van der Waals surface area contributed by atoms with Gasteiger partial charge in [-0.05, 0) is 194 Å². The van der Waals surface area contributed by atoms with E-state index in [9.17, 15) is 10.2 Å². The molecule has 1 aliphatic heterocycles. The highest BCUT2D eigenvalue weighted by Crippen LogP contribution is 2.72. The van der Waals surface area contributed by atoms with Gasteiger partial charge >= 0.3 is 0 Å². The Labute approximate surface area is 377 Å². The van der Waals surface area contributed by atoms with E-state index in [1.54, 1.807) is 7.05 Å². The zero-order valence-corrected chi connectivity index (χ0v) is 38.7. The number of nitrogens with two attached hydrogens (primary N) is 2. The molecule has 1 spiro atoms. The lowest BCUT2D eigenvalue weighted by Crippen LogP contribution is -2.58. The first-order chi connectivity index (χ1) is 30.4. The molecule has 10 heteroatoms. The number of hydrogen-bond donors (Lipinski definition) is 6. The number of allylic oxidation sites excluding steroid dienone is 1. The molecule has 6 saturated carbocycles. The smallest absolute Gasteiger partial charge is 0.190 e. The predicted molar refractivity (Wildman–Crippen MR) is 252 cm³/mol. The van der Waals surface area contributed by atoms with Crippen molar-refractivity contribution in [2.24, 2.45) is 67.8 Å². The summed E-state index contributed by atoms with van der Waals surface area (Å²) in [6, 6.07) is 4.54. The van der Waals surface area contributed by atoms with Crippen LogP contribution in [0, 0.1) is 46.3 Å². The van der Waals surface area contributed by atoms with Crippen molar-refractivity contribution in [3.8, 4) is 0 Å². The zero-order valence-electron chi connectivity index (χ0n) is 38.7. The molecule has 1 aromatic carbocycles. The largest absolute Gasteiger partial charge is 0.471 e. The summed E-state index contributed by atoms with van der Waals surface area (Å²) >= 11 is 0. The predicted octanol–water partition coefficient (Wildman–Crippen LogP) is 9.19. The van der Waals surface area contributed by atoms with Crippen LogP contribution in [0.3, 0.4) is 0 Å². The highest BCUT2D eigenvalue weighted by Gasteiger charge is 2.68. The fourth-order valence-electron chi connectivity index (χ4n) is 16.2. The average molecular weight is 865 g/mol. The second kappa shape index (κ2) is 17.3. The van der Waals surface area contributed by atoms with Crippen LogP contribution in [0.1, 0.15) is 166 Å². The average Bonchev–Trinajstić information content (AvgIpc) is 3.63. The van der Waals surface area contributed by atoms with Gasteiger partial charge in [0.15, 0.2) is 11.9 Å². The Bertz CT molecular complexity index is 2040. The van der Waals surface area contributed by atoms with Gasteiger partial charge in [0.2, 0.25) is 0 Å². The number of hydrogen-bond acceptors (Lipinski definition) is 6.